The number of rotatable bonds is 8. The summed E-state index contributed by atoms with van der Waals surface area (Å²) in [6, 6.07) is 0. The summed E-state index contributed by atoms with van der Waals surface area (Å²) in [5.41, 5.74) is 0.0416. The van der Waals surface area contributed by atoms with Crippen LogP contribution < -0.4 is 10.6 Å². The van der Waals surface area contributed by atoms with E-state index >= 15 is 0 Å². The molecule has 0 amide bonds. The molecule has 1 saturated heterocycles. The Morgan fingerprint density at radius 2 is 2.14 bits per heavy atom. The molecule has 132 valence electrons. The summed E-state index contributed by atoms with van der Waals surface area (Å²) in [5.74, 6) is 0.851. The molecule has 0 aliphatic carbocycles. The van der Waals surface area contributed by atoms with Gasteiger partial charge < -0.3 is 20.5 Å². The average Bonchev–Trinajstić information content (AvgIpc) is 2.91. The molecular weight excluding hydrogens is 413 g/mol. The fraction of sp³-hybridized carbons (Fsp3) is 0.933. The summed E-state index contributed by atoms with van der Waals surface area (Å²) in [6.45, 7) is 10.6. The quantitative estimate of drug-likeness (QED) is 0.304. The third kappa shape index (κ3) is 7.70. The van der Waals surface area contributed by atoms with E-state index in [0.29, 0.717) is 0 Å². The van der Waals surface area contributed by atoms with Crippen LogP contribution in [0, 0.1) is 5.41 Å². The van der Waals surface area contributed by atoms with Crippen LogP contribution >= 0.6 is 35.7 Å². The molecule has 0 aromatic heterocycles. The molecule has 0 radical (unpaired) electrons. The van der Waals surface area contributed by atoms with Crippen molar-refractivity contribution in [2.45, 2.75) is 38.4 Å². The number of guanidine groups is 1. The smallest absolute Gasteiger partial charge is 0.191 e. The van der Waals surface area contributed by atoms with Crippen molar-refractivity contribution in [3.8, 4) is 0 Å². The number of nitrogens with zero attached hydrogens (tertiary/aromatic N) is 1. The Bertz CT molecular complexity index is 335. The van der Waals surface area contributed by atoms with Crippen LogP contribution in [-0.2, 0) is 4.74 Å². The number of nitrogens with one attached hydrogen (secondary N) is 2. The summed E-state index contributed by atoms with van der Waals surface area (Å²) in [6.07, 6.45) is 3.88. The van der Waals surface area contributed by atoms with E-state index in [-0.39, 0.29) is 40.7 Å². The van der Waals surface area contributed by atoms with Gasteiger partial charge in [-0.2, -0.15) is 11.8 Å². The zero-order valence-electron chi connectivity index (χ0n) is 14.3. The summed E-state index contributed by atoms with van der Waals surface area (Å²) in [4.78, 5) is 4.68. The maximum absolute atomic E-state index is 9.27. The summed E-state index contributed by atoms with van der Waals surface area (Å²) < 4.78 is 5.66. The topological polar surface area (TPSA) is 65.9 Å². The van der Waals surface area contributed by atoms with Crippen molar-refractivity contribution in [1.29, 1.82) is 0 Å². The highest BCUT2D eigenvalue weighted by atomic mass is 127. The Balaban J connectivity index is 0.00000441. The molecule has 0 aromatic carbocycles. The van der Waals surface area contributed by atoms with Gasteiger partial charge in [-0.1, -0.05) is 0 Å². The second-order valence-electron chi connectivity index (χ2n) is 6.29. The van der Waals surface area contributed by atoms with Gasteiger partial charge in [0.2, 0.25) is 0 Å². The number of halogens is 1. The van der Waals surface area contributed by atoms with Gasteiger partial charge in [0, 0.05) is 36.5 Å². The van der Waals surface area contributed by atoms with Crippen LogP contribution in [0.3, 0.4) is 0 Å². The molecule has 22 heavy (non-hydrogen) atoms. The normalized spacial score (nSPS) is 22.3. The van der Waals surface area contributed by atoms with Gasteiger partial charge in [0.1, 0.15) is 0 Å². The predicted molar refractivity (Wildman–Crippen MR) is 107 cm³/mol. The zero-order valence-corrected chi connectivity index (χ0v) is 17.4. The molecule has 1 rings (SSSR count). The van der Waals surface area contributed by atoms with Crippen LogP contribution in [0.5, 0.6) is 0 Å². The van der Waals surface area contributed by atoms with Gasteiger partial charge in [0.25, 0.3) is 0 Å². The summed E-state index contributed by atoms with van der Waals surface area (Å²) in [7, 11) is 0. The Labute approximate surface area is 156 Å². The lowest BCUT2D eigenvalue weighted by Crippen LogP contribution is -2.45. The Hall–Kier alpha value is 0.270. The van der Waals surface area contributed by atoms with E-state index in [1.165, 1.54) is 0 Å². The zero-order chi connectivity index (χ0) is 15.8. The van der Waals surface area contributed by atoms with E-state index in [1.54, 1.807) is 0 Å². The highest BCUT2D eigenvalue weighted by Crippen LogP contribution is 2.31. The van der Waals surface area contributed by atoms with Gasteiger partial charge in [-0.3, -0.25) is 4.99 Å². The fourth-order valence-electron chi connectivity index (χ4n) is 2.26. The standard InChI is InChI=1S/C15H31N3O2S.HI/c1-5-16-13(17-10-14(2,3)21-4)18-11-15(6-8-19)7-9-20-12-15;/h19H,5-12H2,1-4H3,(H2,16,17,18);1H. The molecule has 3 N–H and O–H groups in total. The van der Waals surface area contributed by atoms with Crippen LogP contribution in [0.1, 0.15) is 33.6 Å². The van der Waals surface area contributed by atoms with Crippen molar-refractivity contribution >= 4 is 41.7 Å². The van der Waals surface area contributed by atoms with Gasteiger partial charge in [0.05, 0.1) is 13.2 Å². The van der Waals surface area contributed by atoms with Crippen molar-refractivity contribution < 1.29 is 9.84 Å². The molecule has 1 unspecified atom stereocenters. The summed E-state index contributed by atoms with van der Waals surface area (Å²) >= 11 is 1.82. The van der Waals surface area contributed by atoms with Crippen molar-refractivity contribution in [3.63, 3.8) is 0 Å². The van der Waals surface area contributed by atoms with Crippen molar-refractivity contribution in [2.75, 3.05) is 45.7 Å². The minimum Gasteiger partial charge on any atom is -0.396 e. The number of ether oxygens (including phenoxy) is 1. The molecule has 1 aliphatic rings. The number of aliphatic hydroxyl groups is 1. The molecule has 1 heterocycles. The Morgan fingerprint density at radius 1 is 1.41 bits per heavy atom. The first-order chi connectivity index (χ1) is 9.97. The third-order valence-corrected chi connectivity index (χ3v) is 5.21. The number of aliphatic hydroxyl groups excluding tert-OH is 1. The second-order valence-corrected chi connectivity index (χ2v) is 7.80. The number of hydrogen-bond donors (Lipinski definition) is 3. The van der Waals surface area contributed by atoms with E-state index in [4.69, 9.17) is 4.74 Å². The van der Waals surface area contributed by atoms with E-state index in [2.05, 4.69) is 42.7 Å². The molecule has 1 fully saturated rings. The maximum atomic E-state index is 9.27. The van der Waals surface area contributed by atoms with Crippen molar-refractivity contribution in [2.24, 2.45) is 10.4 Å². The first kappa shape index (κ1) is 22.3. The number of aliphatic imine (C=N–C) groups is 1. The molecule has 5 nitrogen and oxygen atoms in total. The number of hydrogen-bond acceptors (Lipinski definition) is 4. The molecular formula is C15H32IN3O2S. The molecule has 1 atom stereocenters. The van der Waals surface area contributed by atoms with E-state index in [1.807, 2.05) is 11.8 Å². The van der Waals surface area contributed by atoms with Gasteiger partial charge >= 0.3 is 0 Å². The average molecular weight is 445 g/mol. The third-order valence-electron chi connectivity index (χ3n) is 3.97. The van der Waals surface area contributed by atoms with Crippen molar-refractivity contribution in [3.05, 3.63) is 0 Å². The molecule has 0 aromatic rings. The summed E-state index contributed by atoms with van der Waals surface area (Å²) in [5, 5.41) is 16.0. The minimum absolute atomic E-state index is 0. The maximum Gasteiger partial charge on any atom is 0.191 e. The van der Waals surface area contributed by atoms with Crippen LogP contribution in [0.4, 0.5) is 0 Å². The van der Waals surface area contributed by atoms with E-state index < -0.39 is 0 Å². The lowest BCUT2D eigenvalue weighted by molar-refractivity contribution is 0.127. The fourth-order valence-corrected chi connectivity index (χ4v) is 2.45. The first-order valence-corrected chi connectivity index (χ1v) is 8.95. The molecule has 0 spiro atoms. The largest absolute Gasteiger partial charge is 0.396 e. The van der Waals surface area contributed by atoms with E-state index in [0.717, 1.165) is 51.6 Å². The van der Waals surface area contributed by atoms with Gasteiger partial charge in [-0.05, 0) is 39.9 Å². The minimum atomic E-state index is 0. The Kier molecular flexibility index (Phi) is 11.1. The highest BCUT2D eigenvalue weighted by molar-refractivity contribution is 14.0. The van der Waals surface area contributed by atoms with Crippen LogP contribution in [0.2, 0.25) is 0 Å². The lowest BCUT2D eigenvalue weighted by Gasteiger charge is -2.28. The lowest BCUT2D eigenvalue weighted by atomic mass is 9.84. The second kappa shape index (κ2) is 10.9. The Morgan fingerprint density at radius 3 is 2.64 bits per heavy atom. The van der Waals surface area contributed by atoms with Gasteiger partial charge in [-0.25, -0.2) is 0 Å². The van der Waals surface area contributed by atoms with Gasteiger partial charge in [0.15, 0.2) is 5.96 Å². The van der Waals surface area contributed by atoms with Crippen LogP contribution in [-0.4, -0.2) is 61.5 Å². The number of thioether (sulfide) groups is 1. The molecule has 1 aliphatic heterocycles. The van der Waals surface area contributed by atoms with Gasteiger partial charge in [-0.15, -0.1) is 24.0 Å². The molecule has 7 heteroatoms. The molecule has 0 bridgehead atoms. The first-order valence-electron chi connectivity index (χ1n) is 7.73. The highest BCUT2D eigenvalue weighted by Gasteiger charge is 2.34. The van der Waals surface area contributed by atoms with Crippen molar-refractivity contribution in [1.82, 2.24) is 10.6 Å². The molecule has 0 saturated carbocycles. The van der Waals surface area contributed by atoms with Crippen LogP contribution in [0.25, 0.3) is 0 Å². The SMILES string of the molecule is CCNC(=NCC(C)(C)SC)NCC1(CCO)CCOC1.I. The van der Waals surface area contributed by atoms with E-state index in [9.17, 15) is 5.11 Å². The van der Waals surface area contributed by atoms with Crippen LogP contribution in [0.15, 0.2) is 4.99 Å². The monoisotopic (exact) mass is 445 g/mol. The predicted octanol–water partition coefficient (Wildman–Crippen LogP) is 2.09.